The van der Waals surface area contributed by atoms with Crippen LogP contribution in [0.5, 0.6) is 5.75 Å². The predicted octanol–water partition coefficient (Wildman–Crippen LogP) is 6.80. The first-order valence-electron chi connectivity index (χ1n) is 10.4. The molecule has 1 N–H and O–H groups in total. The van der Waals surface area contributed by atoms with Crippen molar-refractivity contribution in [2.45, 2.75) is 40.5 Å². The van der Waals surface area contributed by atoms with Gasteiger partial charge in [0.15, 0.2) is 5.13 Å². The van der Waals surface area contributed by atoms with E-state index in [1.807, 2.05) is 24.0 Å². The van der Waals surface area contributed by atoms with Gasteiger partial charge < -0.3 is 14.6 Å². The van der Waals surface area contributed by atoms with Gasteiger partial charge in [-0.3, -0.25) is 0 Å². The van der Waals surface area contributed by atoms with Crippen molar-refractivity contribution in [3.05, 3.63) is 70.6 Å². The summed E-state index contributed by atoms with van der Waals surface area (Å²) in [7, 11) is 1.73. The van der Waals surface area contributed by atoms with Gasteiger partial charge in [-0.25, -0.2) is 9.97 Å². The Morgan fingerprint density at radius 2 is 1.81 bits per heavy atom. The Kier molecular flexibility index (Phi) is 5.83. The van der Waals surface area contributed by atoms with Crippen LogP contribution in [-0.4, -0.2) is 21.6 Å². The van der Waals surface area contributed by atoms with Gasteiger partial charge in [-0.2, -0.15) is 0 Å². The van der Waals surface area contributed by atoms with Gasteiger partial charge in [0.1, 0.15) is 5.75 Å². The highest BCUT2D eigenvalue weighted by Crippen LogP contribution is 2.36. The Morgan fingerprint density at radius 1 is 1.06 bits per heavy atom. The third kappa shape index (κ3) is 4.35. The van der Waals surface area contributed by atoms with Gasteiger partial charge in [0, 0.05) is 28.0 Å². The molecule has 0 aliphatic rings. The summed E-state index contributed by atoms with van der Waals surface area (Å²) in [6.07, 6.45) is 3.86. The topological polar surface area (TPSA) is 52.0 Å². The van der Waals surface area contributed by atoms with Gasteiger partial charge in [-0.15, -0.1) is 11.3 Å². The van der Waals surface area contributed by atoms with Crippen LogP contribution in [0.25, 0.3) is 16.9 Å². The highest BCUT2D eigenvalue weighted by Gasteiger charge is 2.14. The van der Waals surface area contributed by atoms with Crippen LogP contribution in [0.4, 0.5) is 10.8 Å². The van der Waals surface area contributed by atoms with Crippen molar-refractivity contribution in [3.8, 4) is 22.7 Å². The first-order valence-corrected chi connectivity index (χ1v) is 11.2. The number of aromatic nitrogens is 3. The smallest absolute Gasteiger partial charge is 0.187 e. The summed E-state index contributed by atoms with van der Waals surface area (Å²) in [5.41, 5.74) is 7.60. The zero-order valence-corrected chi connectivity index (χ0v) is 19.7. The fourth-order valence-corrected chi connectivity index (χ4v) is 4.50. The van der Waals surface area contributed by atoms with Crippen LogP contribution in [0.3, 0.4) is 0 Å². The highest BCUT2D eigenvalue weighted by molar-refractivity contribution is 7.16. The standard InChI is InChI=1S/C25H28N4OS/c1-15(2)21-12-22(16(3)11-23(21)30-6)27-25-28-24(18(5)31-25)19-7-9-20(10-8-19)29-13-17(4)26-14-29/h7-15H,1-6H3,(H,27,28). The Labute approximate surface area is 187 Å². The monoisotopic (exact) mass is 432 g/mol. The van der Waals surface area contributed by atoms with Crippen molar-refractivity contribution in [3.63, 3.8) is 0 Å². The molecule has 0 spiro atoms. The van der Waals surface area contributed by atoms with E-state index in [4.69, 9.17) is 9.72 Å². The molecule has 0 aliphatic heterocycles. The summed E-state index contributed by atoms with van der Waals surface area (Å²) in [4.78, 5) is 10.4. The fourth-order valence-electron chi connectivity index (χ4n) is 3.65. The molecule has 5 nitrogen and oxygen atoms in total. The number of methoxy groups -OCH3 is 1. The van der Waals surface area contributed by atoms with Crippen LogP contribution in [0.2, 0.25) is 0 Å². The summed E-state index contributed by atoms with van der Waals surface area (Å²) in [5, 5.41) is 4.42. The third-order valence-electron chi connectivity index (χ3n) is 5.39. The van der Waals surface area contributed by atoms with Crippen LogP contribution in [0, 0.1) is 20.8 Å². The molecule has 0 fully saturated rings. The van der Waals surface area contributed by atoms with E-state index in [0.29, 0.717) is 5.92 Å². The molecular formula is C25H28N4OS. The van der Waals surface area contributed by atoms with Gasteiger partial charge in [0.05, 0.1) is 24.8 Å². The molecule has 0 unspecified atom stereocenters. The summed E-state index contributed by atoms with van der Waals surface area (Å²) in [5.74, 6) is 1.31. The zero-order chi connectivity index (χ0) is 22.1. The molecule has 0 amide bonds. The molecule has 0 saturated carbocycles. The SMILES string of the molecule is COc1cc(C)c(Nc2nc(-c3ccc(-n4cnc(C)c4)cc3)c(C)s2)cc1C(C)C. The molecule has 0 radical (unpaired) electrons. The highest BCUT2D eigenvalue weighted by atomic mass is 32.1. The Balaban J connectivity index is 1.60. The predicted molar refractivity (Wildman–Crippen MR) is 129 cm³/mol. The second-order valence-corrected chi connectivity index (χ2v) is 9.28. The lowest BCUT2D eigenvalue weighted by Gasteiger charge is -2.16. The number of ether oxygens (including phenoxy) is 1. The maximum atomic E-state index is 5.57. The quantitative estimate of drug-likeness (QED) is 0.364. The zero-order valence-electron chi connectivity index (χ0n) is 18.9. The number of anilines is 2. The Bertz CT molecular complexity index is 1200. The lowest BCUT2D eigenvalue weighted by atomic mass is 9.99. The van der Waals surface area contributed by atoms with Crippen LogP contribution < -0.4 is 10.1 Å². The molecule has 0 aliphatic carbocycles. The van der Waals surface area contributed by atoms with Gasteiger partial charge in [0.2, 0.25) is 0 Å². The molecule has 4 aromatic rings. The summed E-state index contributed by atoms with van der Waals surface area (Å²) in [6, 6.07) is 12.7. The molecule has 4 rings (SSSR count). The maximum Gasteiger partial charge on any atom is 0.187 e. The van der Waals surface area contributed by atoms with Gasteiger partial charge in [-0.05, 0) is 62.1 Å². The number of nitrogens with zero attached hydrogens (tertiary/aromatic N) is 3. The molecule has 160 valence electrons. The minimum absolute atomic E-state index is 0.377. The number of rotatable bonds is 6. The van der Waals surface area contributed by atoms with E-state index in [1.165, 1.54) is 10.4 Å². The van der Waals surface area contributed by atoms with Gasteiger partial charge in [0.25, 0.3) is 0 Å². The van der Waals surface area contributed by atoms with E-state index in [9.17, 15) is 0 Å². The van der Waals surface area contributed by atoms with Crippen molar-refractivity contribution in [2.75, 3.05) is 12.4 Å². The number of benzene rings is 2. The summed E-state index contributed by atoms with van der Waals surface area (Å²) >= 11 is 1.67. The largest absolute Gasteiger partial charge is 0.496 e. The van der Waals surface area contributed by atoms with E-state index < -0.39 is 0 Å². The average molecular weight is 433 g/mol. The van der Waals surface area contributed by atoms with Crippen LogP contribution in [0.15, 0.2) is 48.9 Å². The third-order valence-corrected chi connectivity index (χ3v) is 6.27. The number of nitrogens with one attached hydrogen (secondary N) is 1. The molecule has 2 aromatic carbocycles. The van der Waals surface area contributed by atoms with Crippen molar-refractivity contribution < 1.29 is 4.74 Å². The number of hydrogen-bond donors (Lipinski definition) is 1. The Morgan fingerprint density at radius 3 is 2.42 bits per heavy atom. The van der Waals surface area contributed by atoms with E-state index in [2.05, 4.69) is 74.4 Å². The van der Waals surface area contributed by atoms with Crippen LogP contribution in [0.1, 0.15) is 41.5 Å². The minimum atomic E-state index is 0.377. The molecule has 31 heavy (non-hydrogen) atoms. The maximum absolute atomic E-state index is 5.57. The van der Waals surface area contributed by atoms with Crippen molar-refractivity contribution in [1.82, 2.24) is 14.5 Å². The summed E-state index contributed by atoms with van der Waals surface area (Å²) in [6.45, 7) is 10.6. The van der Waals surface area contributed by atoms with Crippen molar-refractivity contribution >= 4 is 22.2 Å². The van der Waals surface area contributed by atoms with E-state index in [-0.39, 0.29) is 0 Å². The number of imidazole rings is 1. The van der Waals surface area contributed by atoms with Gasteiger partial charge >= 0.3 is 0 Å². The number of hydrogen-bond acceptors (Lipinski definition) is 5. The number of aryl methyl sites for hydroxylation is 3. The molecule has 6 heteroatoms. The minimum Gasteiger partial charge on any atom is -0.496 e. The first kappa shape index (κ1) is 21.1. The fraction of sp³-hybridized carbons (Fsp3) is 0.280. The summed E-state index contributed by atoms with van der Waals surface area (Å²) < 4.78 is 7.60. The van der Waals surface area contributed by atoms with Crippen molar-refractivity contribution in [2.24, 2.45) is 0 Å². The normalized spacial score (nSPS) is 11.2. The van der Waals surface area contributed by atoms with E-state index in [0.717, 1.165) is 44.8 Å². The van der Waals surface area contributed by atoms with E-state index in [1.54, 1.807) is 18.4 Å². The second-order valence-electron chi connectivity index (χ2n) is 8.08. The lowest BCUT2D eigenvalue weighted by Crippen LogP contribution is -1.99. The van der Waals surface area contributed by atoms with E-state index >= 15 is 0 Å². The molecular weight excluding hydrogens is 404 g/mol. The molecule has 2 aromatic heterocycles. The average Bonchev–Trinajstić information content (AvgIpc) is 3.34. The molecule has 0 bridgehead atoms. The molecule has 0 atom stereocenters. The second kappa shape index (κ2) is 8.55. The first-order chi connectivity index (χ1) is 14.9. The van der Waals surface area contributed by atoms with Crippen LogP contribution >= 0.6 is 11.3 Å². The number of thiazole rings is 1. The molecule has 0 saturated heterocycles. The molecule has 2 heterocycles. The Hall–Kier alpha value is -3.12. The van der Waals surface area contributed by atoms with Gasteiger partial charge in [-0.1, -0.05) is 26.0 Å². The van der Waals surface area contributed by atoms with Crippen LogP contribution in [-0.2, 0) is 0 Å². The lowest BCUT2D eigenvalue weighted by molar-refractivity contribution is 0.407. The van der Waals surface area contributed by atoms with Crippen molar-refractivity contribution in [1.29, 1.82) is 0 Å².